The largest absolute Gasteiger partial charge is 0.342 e. The van der Waals surface area contributed by atoms with Gasteiger partial charge in [-0.1, -0.05) is 47.5 Å². The third-order valence-corrected chi connectivity index (χ3v) is 5.95. The van der Waals surface area contributed by atoms with Gasteiger partial charge in [0.1, 0.15) is 4.88 Å². The van der Waals surface area contributed by atoms with Crippen molar-refractivity contribution in [1.29, 1.82) is 0 Å². The molecule has 0 bridgehead atoms. The Morgan fingerprint density at radius 3 is 2.50 bits per heavy atom. The van der Waals surface area contributed by atoms with Crippen molar-refractivity contribution in [3.8, 4) is 0 Å². The number of benzene rings is 2. The van der Waals surface area contributed by atoms with Crippen LogP contribution in [-0.2, 0) is 4.79 Å². The third-order valence-electron chi connectivity index (χ3n) is 4.27. The first-order chi connectivity index (χ1) is 13.4. The predicted octanol–water partition coefficient (Wildman–Crippen LogP) is 4.36. The number of rotatable bonds is 5. The summed E-state index contributed by atoms with van der Waals surface area (Å²) >= 11 is 7.58. The highest BCUT2D eigenvalue weighted by Gasteiger charge is 2.17. The number of halogens is 1. The quantitative estimate of drug-likeness (QED) is 0.482. The molecule has 0 aliphatic heterocycles. The lowest BCUT2D eigenvalue weighted by molar-refractivity contribution is -0.120. The lowest BCUT2D eigenvalue weighted by Gasteiger charge is -2.07. The molecule has 1 heterocycles. The van der Waals surface area contributed by atoms with Crippen LogP contribution in [0.1, 0.15) is 31.9 Å². The number of aryl methyl sites for hydroxylation is 3. The summed E-state index contributed by atoms with van der Waals surface area (Å²) < 4.78 is 0.926. The SMILES string of the molecule is Cc1cc(C)c(/C=N\NC(=O)CNC(=O)c2sc3ccccc3c2Cl)c(C)c1. The molecule has 3 rings (SSSR count). The normalized spacial score (nSPS) is 11.1. The van der Waals surface area contributed by atoms with E-state index in [1.807, 2.05) is 45.0 Å². The zero-order valence-corrected chi connectivity index (χ0v) is 17.4. The third kappa shape index (κ3) is 4.40. The maximum absolute atomic E-state index is 12.4. The highest BCUT2D eigenvalue weighted by molar-refractivity contribution is 7.21. The van der Waals surface area contributed by atoms with Crippen molar-refractivity contribution < 1.29 is 9.59 Å². The minimum absolute atomic E-state index is 0.188. The second-order valence-corrected chi connectivity index (χ2v) is 7.96. The van der Waals surface area contributed by atoms with Crippen molar-refractivity contribution in [1.82, 2.24) is 10.7 Å². The number of carbonyl (C=O) groups excluding carboxylic acids is 2. The van der Waals surface area contributed by atoms with E-state index < -0.39 is 5.91 Å². The molecular formula is C21H20ClN3O2S. The first-order valence-corrected chi connectivity index (χ1v) is 9.91. The molecule has 0 fully saturated rings. The summed E-state index contributed by atoms with van der Waals surface area (Å²) in [5.74, 6) is -0.792. The van der Waals surface area contributed by atoms with Crippen LogP contribution >= 0.6 is 22.9 Å². The molecule has 0 aliphatic rings. The molecule has 7 heteroatoms. The van der Waals surface area contributed by atoms with Crippen LogP contribution in [0.3, 0.4) is 0 Å². The summed E-state index contributed by atoms with van der Waals surface area (Å²) in [5.41, 5.74) is 6.75. The average Bonchev–Trinajstić information content (AvgIpc) is 2.99. The van der Waals surface area contributed by atoms with Gasteiger partial charge in [-0.25, -0.2) is 5.43 Å². The summed E-state index contributed by atoms with van der Waals surface area (Å²) in [6, 6.07) is 11.6. The van der Waals surface area contributed by atoms with Crippen molar-refractivity contribution in [3.05, 3.63) is 68.6 Å². The number of thiophene rings is 1. The fraction of sp³-hybridized carbons (Fsp3) is 0.190. The predicted molar refractivity (Wildman–Crippen MR) is 116 cm³/mol. The van der Waals surface area contributed by atoms with E-state index in [4.69, 9.17) is 11.6 Å². The summed E-state index contributed by atoms with van der Waals surface area (Å²) in [5, 5.41) is 7.81. The summed E-state index contributed by atoms with van der Waals surface area (Å²) in [6.45, 7) is 5.84. The van der Waals surface area contributed by atoms with Crippen LogP contribution in [0.2, 0.25) is 5.02 Å². The molecule has 5 nitrogen and oxygen atoms in total. The van der Waals surface area contributed by atoms with E-state index in [0.29, 0.717) is 9.90 Å². The number of hydrogen-bond donors (Lipinski definition) is 2. The fourth-order valence-electron chi connectivity index (χ4n) is 3.00. The Labute approximate surface area is 172 Å². The highest BCUT2D eigenvalue weighted by atomic mass is 35.5. The van der Waals surface area contributed by atoms with Gasteiger partial charge in [0, 0.05) is 15.6 Å². The molecule has 0 spiro atoms. The molecule has 0 aliphatic carbocycles. The second-order valence-electron chi connectivity index (χ2n) is 6.53. The van der Waals surface area contributed by atoms with Crippen LogP contribution in [0.5, 0.6) is 0 Å². The molecule has 0 atom stereocenters. The Balaban J connectivity index is 1.58. The summed E-state index contributed by atoms with van der Waals surface area (Å²) in [4.78, 5) is 24.7. The van der Waals surface area contributed by atoms with Gasteiger partial charge in [0.25, 0.3) is 11.8 Å². The van der Waals surface area contributed by atoms with Crippen LogP contribution in [0.15, 0.2) is 41.5 Å². The Morgan fingerprint density at radius 1 is 1.14 bits per heavy atom. The van der Waals surface area contributed by atoms with Gasteiger partial charge in [-0.05, 0) is 38.0 Å². The Hall–Kier alpha value is -2.70. The smallest absolute Gasteiger partial charge is 0.263 e. The zero-order valence-electron chi connectivity index (χ0n) is 15.8. The van der Waals surface area contributed by atoms with E-state index in [1.165, 1.54) is 16.9 Å². The van der Waals surface area contributed by atoms with Gasteiger partial charge >= 0.3 is 0 Å². The van der Waals surface area contributed by atoms with Crippen molar-refractivity contribution in [3.63, 3.8) is 0 Å². The summed E-state index contributed by atoms with van der Waals surface area (Å²) in [7, 11) is 0. The van der Waals surface area contributed by atoms with E-state index in [1.54, 1.807) is 6.21 Å². The topological polar surface area (TPSA) is 70.6 Å². The van der Waals surface area contributed by atoms with Crippen molar-refractivity contribution in [2.75, 3.05) is 6.54 Å². The number of hydrazone groups is 1. The van der Waals surface area contributed by atoms with Gasteiger partial charge in [-0.3, -0.25) is 9.59 Å². The maximum atomic E-state index is 12.4. The van der Waals surface area contributed by atoms with Crippen LogP contribution < -0.4 is 10.7 Å². The number of amides is 2. The van der Waals surface area contributed by atoms with Crippen LogP contribution in [0.25, 0.3) is 10.1 Å². The van der Waals surface area contributed by atoms with E-state index in [9.17, 15) is 9.59 Å². The van der Waals surface area contributed by atoms with Gasteiger partial charge in [0.05, 0.1) is 17.8 Å². The monoisotopic (exact) mass is 413 g/mol. The first-order valence-electron chi connectivity index (χ1n) is 8.72. The Morgan fingerprint density at radius 2 is 1.82 bits per heavy atom. The number of carbonyl (C=O) groups is 2. The maximum Gasteiger partial charge on any atom is 0.263 e. The second kappa shape index (κ2) is 8.54. The van der Waals surface area contributed by atoms with E-state index in [0.717, 1.165) is 26.8 Å². The number of nitrogens with one attached hydrogen (secondary N) is 2. The molecule has 2 N–H and O–H groups in total. The van der Waals surface area contributed by atoms with Crippen LogP contribution in [0.4, 0.5) is 0 Å². The molecule has 2 aromatic carbocycles. The number of hydrogen-bond acceptors (Lipinski definition) is 4. The minimum Gasteiger partial charge on any atom is -0.342 e. The highest BCUT2D eigenvalue weighted by Crippen LogP contribution is 2.34. The van der Waals surface area contributed by atoms with Crippen molar-refractivity contribution in [2.24, 2.45) is 5.10 Å². The van der Waals surface area contributed by atoms with E-state index >= 15 is 0 Å². The average molecular weight is 414 g/mol. The lowest BCUT2D eigenvalue weighted by atomic mass is 10.0. The van der Waals surface area contributed by atoms with Crippen LogP contribution in [-0.4, -0.2) is 24.6 Å². The van der Waals surface area contributed by atoms with E-state index in [-0.39, 0.29) is 12.5 Å². The van der Waals surface area contributed by atoms with Crippen molar-refractivity contribution in [2.45, 2.75) is 20.8 Å². The van der Waals surface area contributed by atoms with E-state index in [2.05, 4.69) is 28.0 Å². The first kappa shape index (κ1) is 20.0. The van der Waals surface area contributed by atoms with Gasteiger partial charge < -0.3 is 5.32 Å². The van der Waals surface area contributed by atoms with Gasteiger partial charge in [-0.2, -0.15) is 5.10 Å². The van der Waals surface area contributed by atoms with Gasteiger partial charge in [-0.15, -0.1) is 11.3 Å². The molecule has 0 saturated heterocycles. The van der Waals surface area contributed by atoms with Gasteiger partial charge in [0.15, 0.2) is 0 Å². The number of fused-ring (bicyclic) bond motifs is 1. The molecule has 3 aromatic rings. The Kier molecular flexibility index (Phi) is 6.11. The molecular weight excluding hydrogens is 394 g/mol. The fourth-order valence-corrected chi connectivity index (χ4v) is 4.44. The number of nitrogens with zero attached hydrogens (tertiary/aromatic N) is 1. The molecule has 0 unspecified atom stereocenters. The molecule has 2 amide bonds. The van der Waals surface area contributed by atoms with Crippen LogP contribution in [0, 0.1) is 20.8 Å². The zero-order chi connectivity index (χ0) is 20.3. The molecule has 0 radical (unpaired) electrons. The van der Waals surface area contributed by atoms with Crippen molar-refractivity contribution >= 4 is 51.1 Å². The molecule has 0 saturated carbocycles. The molecule has 144 valence electrons. The summed E-state index contributed by atoms with van der Waals surface area (Å²) in [6.07, 6.45) is 1.62. The minimum atomic E-state index is -0.413. The molecule has 1 aromatic heterocycles. The Bertz CT molecular complexity index is 1070. The standard InChI is InChI=1S/C21H20ClN3O2S/c1-12-8-13(2)16(14(3)9-12)10-24-25-18(26)11-23-21(27)20-19(22)15-6-4-5-7-17(15)28-20/h4-10H,11H2,1-3H3,(H,23,27)(H,25,26)/b24-10-. The lowest BCUT2D eigenvalue weighted by Crippen LogP contribution is -2.34. The van der Waals surface area contributed by atoms with Gasteiger partial charge in [0.2, 0.25) is 0 Å². The molecule has 28 heavy (non-hydrogen) atoms.